The molecule has 2 rings (SSSR count). The van der Waals surface area contributed by atoms with Gasteiger partial charge in [0.2, 0.25) is 0 Å². The lowest BCUT2D eigenvalue weighted by molar-refractivity contribution is 0.0959. The summed E-state index contributed by atoms with van der Waals surface area (Å²) in [4.78, 5) is 11.8. The highest BCUT2D eigenvalue weighted by Crippen LogP contribution is 2.38. The maximum absolute atomic E-state index is 11.8. The van der Waals surface area contributed by atoms with Crippen molar-refractivity contribution in [3.63, 3.8) is 0 Å². The molecule has 0 aromatic heterocycles. The first-order chi connectivity index (χ1) is 7.16. The fourth-order valence-electron chi connectivity index (χ4n) is 1.92. The van der Waals surface area contributed by atoms with Crippen LogP contribution in [0.4, 0.5) is 0 Å². The molecule has 0 radical (unpaired) electrons. The van der Waals surface area contributed by atoms with Crippen LogP contribution >= 0.6 is 0 Å². The highest BCUT2D eigenvalue weighted by molar-refractivity contribution is 5.96. The van der Waals surface area contributed by atoms with E-state index in [2.05, 4.69) is 6.92 Å². The molecule has 2 nitrogen and oxygen atoms in total. The van der Waals surface area contributed by atoms with Gasteiger partial charge in [-0.05, 0) is 36.8 Å². The van der Waals surface area contributed by atoms with Crippen molar-refractivity contribution in [3.8, 4) is 5.75 Å². The van der Waals surface area contributed by atoms with E-state index in [9.17, 15) is 9.90 Å². The second-order valence-corrected chi connectivity index (χ2v) is 4.49. The Balaban J connectivity index is 2.00. The van der Waals surface area contributed by atoms with E-state index in [-0.39, 0.29) is 11.5 Å². The topological polar surface area (TPSA) is 37.3 Å². The van der Waals surface area contributed by atoms with E-state index in [0.29, 0.717) is 17.9 Å². The number of benzene rings is 1. The third-order valence-electron chi connectivity index (χ3n) is 3.10. The predicted molar refractivity (Wildman–Crippen MR) is 58.9 cm³/mol. The van der Waals surface area contributed by atoms with E-state index in [0.717, 1.165) is 5.92 Å². The van der Waals surface area contributed by atoms with Gasteiger partial charge in [0.05, 0.1) is 0 Å². The molecule has 1 N–H and O–H groups in total. The minimum absolute atomic E-state index is 0.144. The van der Waals surface area contributed by atoms with Crippen LogP contribution in [0, 0.1) is 11.8 Å². The molecule has 0 bridgehead atoms. The van der Waals surface area contributed by atoms with Gasteiger partial charge < -0.3 is 5.11 Å². The average molecular weight is 204 g/mol. The molecule has 0 aliphatic heterocycles. The normalized spacial score (nSPS) is 17.4. The predicted octanol–water partition coefficient (Wildman–Crippen LogP) is 3.01. The quantitative estimate of drug-likeness (QED) is 0.765. The highest BCUT2D eigenvalue weighted by Gasteiger charge is 2.29. The fraction of sp³-hybridized carbons (Fsp3) is 0.462. The molecule has 1 aromatic rings. The summed E-state index contributed by atoms with van der Waals surface area (Å²) in [6.07, 6.45) is 3.15. The number of ketones is 1. The van der Waals surface area contributed by atoms with Crippen molar-refractivity contribution in [2.45, 2.75) is 26.2 Å². The Morgan fingerprint density at radius 1 is 1.53 bits per heavy atom. The summed E-state index contributed by atoms with van der Waals surface area (Å²) in [6, 6.07) is 6.61. The number of rotatable bonds is 4. The molecule has 15 heavy (non-hydrogen) atoms. The molecule has 1 fully saturated rings. The van der Waals surface area contributed by atoms with Crippen LogP contribution in [-0.2, 0) is 0 Å². The van der Waals surface area contributed by atoms with Gasteiger partial charge in [0.25, 0.3) is 0 Å². The van der Waals surface area contributed by atoms with Gasteiger partial charge in [-0.1, -0.05) is 19.1 Å². The van der Waals surface area contributed by atoms with E-state index in [1.807, 2.05) is 0 Å². The lowest BCUT2D eigenvalue weighted by Crippen LogP contribution is -2.07. The Hall–Kier alpha value is -1.31. The molecule has 2 heteroatoms. The standard InChI is InChI=1S/C13H16O2/c1-9(10-5-6-10)7-13(15)11-3-2-4-12(14)8-11/h2-4,8-10,14H,5-7H2,1H3. The number of carbonyl (C=O) groups excluding carboxylic acids is 1. The van der Waals surface area contributed by atoms with Gasteiger partial charge in [-0.3, -0.25) is 4.79 Å². The Bertz CT molecular complexity index is 367. The smallest absolute Gasteiger partial charge is 0.163 e. The summed E-state index contributed by atoms with van der Waals surface area (Å²) < 4.78 is 0. The lowest BCUT2D eigenvalue weighted by atomic mass is 9.96. The molecular formula is C13H16O2. The Morgan fingerprint density at radius 2 is 2.27 bits per heavy atom. The summed E-state index contributed by atoms with van der Waals surface area (Å²) >= 11 is 0. The number of hydrogen-bond acceptors (Lipinski definition) is 2. The first-order valence-corrected chi connectivity index (χ1v) is 5.49. The first-order valence-electron chi connectivity index (χ1n) is 5.49. The maximum Gasteiger partial charge on any atom is 0.163 e. The molecular weight excluding hydrogens is 188 g/mol. The van der Waals surface area contributed by atoms with Crippen LogP contribution in [0.1, 0.15) is 36.5 Å². The number of Topliss-reactive ketones (excluding diaryl/α,β-unsaturated/α-hetero) is 1. The Kier molecular flexibility index (Phi) is 2.76. The van der Waals surface area contributed by atoms with Crippen molar-refractivity contribution in [1.29, 1.82) is 0 Å². The monoisotopic (exact) mass is 204 g/mol. The number of aromatic hydroxyl groups is 1. The van der Waals surface area contributed by atoms with Gasteiger partial charge in [0.1, 0.15) is 5.75 Å². The van der Waals surface area contributed by atoms with Crippen LogP contribution in [0.3, 0.4) is 0 Å². The minimum atomic E-state index is 0.144. The summed E-state index contributed by atoms with van der Waals surface area (Å²) in [5.41, 5.74) is 0.627. The molecule has 0 saturated heterocycles. The third kappa shape index (κ3) is 2.58. The summed E-state index contributed by atoms with van der Waals surface area (Å²) in [6.45, 7) is 2.14. The second-order valence-electron chi connectivity index (χ2n) is 4.49. The van der Waals surface area contributed by atoms with Gasteiger partial charge >= 0.3 is 0 Å². The number of carbonyl (C=O) groups is 1. The third-order valence-corrected chi connectivity index (χ3v) is 3.10. The molecule has 1 atom stereocenters. The second kappa shape index (κ2) is 4.05. The molecule has 80 valence electrons. The number of hydrogen-bond donors (Lipinski definition) is 1. The molecule has 0 heterocycles. The van der Waals surface area contributed by atoms with Gasteiger partial charge in [-0.2, -0.15) is 0 Å². The molecule has 1 aromatic carbocycles. The van der Waals surface area contributed by atoms with Crippen molar-refractivity contribution >= 4 is 5.78 Å². The van der Waals surface area contributed by atoms with Gasteiger partial charge in [-0.15, -0.1) is 0 Å². The van der Waals surface area contributed by atoms with E-state index in [1.165, 1.54) is 12.8 Å². The van der Waals surface area contributed by atoms with E-state index in [1.54, 1.807) is 24.3 Å². The van der Waals surface area contributed by atoms with Gasteiger partial charge in [-0.25, -0.2) is 0 Å². The van der Waals surface area contributed by atoms with Crippen molar-refractivity contribution in [2.75, 3.05) is 0 Å². The zero-order chi connectivity index (χ0) is 10.8. The van der Waals surface area contributed by atoms with E-state index >= 15 is 0 Å². The van der Waals surface area contributed by atoms with Crippen molar-refractivity contribution in [2.24, 2.45) is 11.8 Å². The van der Waals surface area contributed by atoms with E-state index < -0.39 is 0 Å². The molecule has 1 unspecified atom stereocenters. The van der Waals surface area contributed by atoms with Crippen molar-refractivity contribution < 1.29 is 9.90 Å². The summed E-state index contributed by atoms with van der Waals surface area (Å²) in [5.74, 6) is 1.55. The van der Waals surface area contributed by atoms with Crippen LogP contribution in [-0.4, -0.2) is 10.9 Å². The van der Waals surface area contributed by atoms with Gasteiger partial charge in [0, 0.05) is 12.0 Å². The Labute approximate surface area is 89.9 Å². The molecule has 0 amide bonds. The largest absolute Gasteiger partial charge is 0.508 e. The van der Waals surface area contributed by atoms with Crippen molar-refractivity contribution in [3.05, 3.63) is 29.8 Å². The van der Waals surface area contributed by atoms with Crippen LogP contribution in [0.2, 0.25) is 0 Å². The molecule has 1 saturated carbocycles. The highest BCUT2D eigenvalue weighted by atomic mass is 16.3. The maximum atomic E-state index is 11.8. The zero-order valence-electron chi connectivity index (χ0n) is 8.94. The molecule has 0 spiro atoms. The fourth-order valence-corrected chi connectivity index (χ4v) is 1.92. The van der Waals surface area contributed by atoms with E-state index in [4.69, 9.17) is 0 Å². The van der Waals surface area contributed by atoms with Crippen LogP contribution in [0.25, 0.3) is 0 Å². The van der Waals surface area contributed by atoms with Crippen LogP contribution in [0.15, 0.2) is 24.3 Å². The number of phenolic OH excluding ortho intramolecular Hbond substituents is 1. The average Bonchev–Trinajstić information content (AvgIpc) is 3.00. The summed E-state index contributed by atoms with van der Waals surface area (Å²) in [7, 11) is 0. The first kappa shape index (κ1) is 10.2. The lowest BCUT2D eigenvalue weighted by Gasteiger charge is -2.08. The Morgan fingerprint density at radius 3 is 2.87 bits per heavy atom. The van der Waals surface area contributed by atoms with Crippen molar-refractivity contribution in [1.82, 2.24) is 0 Å². The molecule has 1 aliphatic carbocycles. The van der Waals surface area contributed by atoms with Crippen LogP contribution < -0.4 is 0 Å². The minimum Gasteiger partial charge on any atom is -0.508 e. The van der Waals surface area contributed by atoms with Crippen LogP contribution in [0.5, 0.6) is 5.75 Å². The van der Waals surface area contributed by atoms with Gasteiger partial charge in [0.15, 0.2) is 5.78 Å². The number of phenols is 1. The SMILES string of the molecule is CC(CC(=O)c1cccc(O)c1)C1CC1. The molecule has 1 aliphatic rings. The summed E-state index contributed by atoms with van der Waals surface area (Å²) in [5, 5.41) is 9.27. The zero-order valence-corrected chi connectivity index (χ0v) is 8.94.